The maximum absolute atomic E-state index is 13.1. The summed E-state index contributed by atoms with van der Waals surface area (Å²) in [6, 6.07) is 10.8. The molecule has 6 rings (SSSR count). The first-order valence-corrected chi connectivity index (χ1v) is 10.3. The van der Waals surface area contributed by atoms with Gasteiger partial charge in [0, 0.05) is 24.2 Å². The van der Waals surface area contributed by atoms with Gasteiger partial charge in [-0.25, -0.2) is 4.98 Å². The molecule has 3 heterocycles. The smallest absolute Gasteiger partial charge is 0.254 e. The number of aromatic nitrogens is 2. The summed E-state index contributed by atoms with van der Waals surface area (Å²) in [5.41, 5.74) is 7.94. The summed E-state index contributed by atoms with van der Waals surface area (Å²) in [5, 5.41) is 3.89. The minimum atomic E-state index is 0.0366. The molecule has 0 atom stereocenters. The first kappa shape index (κ1) is 16.2. The molecule has 1 amide bonds. The molecule has 0 radical (unpaired) electrons. The van der Waals surface area contributed by atoms with Crippen LogP contribution in [0.2, 0.25) is 0 Å². The molecule has 1 fully saturated rings. The van der Waals surface area contributed by atoms with Gasteiger partial charge in [-0.15, -0.1) is 0 Å². The Morgan fingerprint density at radius 3 is 2.61 bits per heavy atom. The fraction of sp³-hybridized carbons (Fsp3) is 0.391. The lowest BCUT2D eigenvalue weighted by Gasteiger charge is -2.39. The second kappa shape index (κ2) is 5.60. The molecule has 1 aromatic heterocycles. The number of fused-ring (bicyclic) bond motifs is 4. The number of carbonyl (C=O) groups is 1. The van der Waals surface area contributed by atoms with Crippen molar-refractivity contribution in [2.24, 2.45) is 0 Å². The van der Waals surface area contributed by atoms with E-state index >= 15 is 0 Å². The predicted molar refractivity (Wildman–Crippen MR) is 110 cm³/mol. The Hall–Kier alpha value is -2.82. The molecule has 1 saturated heterocycles. The fourth-order valence-electron chi connectivity index (χ4n) is 5.24. The average molecular weight is 372 g/mol. The molecule has 28 heavy (non-hydrogen) atoms. The van der Waals surface area contributed by atoms with Crippen LogP contribution in [0.1, 0.15) is 45.7 Å². The Morgan fingerprint density at radius 2 is 1.93 bits per heavy atom. The van der Waals surface area contributed by atoms with E-state index < -0.39 is 0 Å². The third-order valence-corrected chi connectivity index (χ3v) is 6.80. The molecule has 0 unspecified atom stereocenters. The van der Waals surface area contributed by atoms with Crippen molar-refractivity contribution in [3.63, 3.8) is 0 Å². The predicted octanol–water partition coefficient (Wildman–Crippen LogP) is 3.61. The van der Waals surface area contributed by atoms with Gasteiger partial charge in [0.15, 0.2) is 0 Å². The minimum Gasteiger partial charge on any atom is -0.377 e. The van der Waals surface area contributed by atoms with E-state index in [1.165, 1.54) is 11.1 Å². The van der Waals surface area contributed by atoms with Gasteiger partial charge in [0.2, 0.25) is 0 Å². The average Bonchev–Trinajstić information content (AvgIpc) is 3.18. The molecule has 0 bridgehead atoms. The number of benzene rings is 2. The van der Waals surface area contributed by atoms with E-state index in [0.29, 0.717) is 0 Å². The zero-order valence-corrected chi connectivity index (χ0v) is 16.1. The van der Waals surface area contributed by atoms with Crippen LogP contribution in [0, 0.1) is 6.92 Å². The van der Waals surface area contributed by atoms with Crippen LogP contribution in [-0.2, 0) is 19.3 Å². The van der Waals surface area contributed by atoms with Gasteiger partial charge in [-0.3, -0.25) is 4.79 Å². The Labute approximate surface area is 164 Å². The summed E-state index contributed by atoms with van der Waals surface area (Å²) in [6.07, 6.45) is 5.16. The molecule has 1 spiro atoms. The van der Waals surface area contributed by atoms with Crippen molar-refractivity contribution in [3.8, 4) is 0 Å². The number of aromatic amines is 1. The van der Waals surface area contributed by atoms with Gasteiger partial charge < -0.3 is 15.2 Å². The lowest BCUT2D eigenvalue weighted by Crippen LogP contribution is -2.45. The van der Waals surface area contributed by atoms with Crippen LogP contribution in [0.5, 0.6) is 0 Å². The lowest BCUT2D eigenvalue weighted by atomic mass is 9.81. The van der Waals surface area contributed by atoms with Gasteiger partial charge in [0.05, 0.1) is 11.2 Å². The van der Waals surface area contributed by atoms with Crippen LogP contribution >= 0.6 is 0 Å². The topological polar surface area (TPSA) is 61.0 Å². The number of anilines is 1. The Morgan fingerprint density at radius 1 is 1.18 bits per heavy atom. The van der Waals surface area contributed by atoms with Crippen molar-refractivity contribution in [1.82, 2.24) is 14.9 Å². The highest BCUT2D eigenvalue weighted by atomic mass is 16.2. The number of rotatable bonds is 1. The minimum absolute atomic E-state index is 0.0366. The summed E-state index contributed by atoms with van der Waals surface area (Å²) in [7, 11) is 0. The number of hydrogen-bond acceptors (Lipinski definition) is 3. The van der Waals surface area contributed by atoms with E-state index in [1.807, 2.05) is 17.9 Å². The molecule has 3 aromatic rings. The number of H-pyrrole nitrogens is 1. The zero-order chi connectivity index (χ0) is 18.9. The molecule has 1 aliphatic carbocycles. The molecule has 2 aromatic carbocycles. The molecule has 5 heteroatoms. The SMILES string of the molecule is Cc1nc2c3c(c(C(=O)N4CCC4)cc2[nH]1)CCC1(Cc2ccccc2C1)N3. The Balaban J connectivity index is 1.47. The van der Waals surface area contributed by atoms with Crippen molar-refractivity contribution in [1.29, 1.82) is 0 Å². The van der Waals surface area contributed by atoms with E-state index in [1.54, 1.807) is 0 Å². The standard InChI is InChI=1S/C23H24N4O/c1-14-24-19-11-18(22(28)27-9-4-10-27)17-7-8-23(26-20(17)21(19)25-14)12-15-5-2-3-6-16(15)13-23/h2-3,5-6,11,26H,4,7-10,12-13H2,1H3,(H,24,25). The van der Waals surface area contributed by atoms with Crippen LogP contribution in [0.25, 0.3) is 11.0 Å². The number of imidazole rings is 1. The van der Waals surface area contributed by atoms with Crippen molar-refractivity contribution < 1.29 is 4.79 Å². The largest absolute Gasteiger partial charge is 0.377 e. The molecule has 3 aliphatic rings. The van der Waals surface area contributed by atoms with Gasteiger partial charge in [0.1, 0.15) is 11.3 Å². The highest BCUT2D eigenvalue weighted by Crippen LogP contribution is 2.44. The van der Waals surface area contributed by atoms with Crippen LogP contribution < -0.4 is 5.32 Å². The molecule has 2 N–H and O–H groups in total. The van der Waals surface area contributed by atoms with E-state index in [-0.39, 0.29) is 11.4 Å². The molecule has 142 valence electrons. The zero-order valence-electron chi connectivity index (χ0n) is 16.1. The quantitative estimate of drug-likeness (QED) is 0.686. The second-order valence-corrected chi connectivity index (χ2v) is 8.67. The number of nitrogens with one attached hydrogen (secondary N) is 2. The highest BCUT2D eigenvalue weighted by molar-refractivity contribution is 6.04. The summed E-state index contributed by atoms with van der Waals surface area (Å²) in [4.78, 5) is 23.2. The van der Waals surface area contributed by atoms with Crippen molar-refractivity contribution in [2.75, 3.05) is 18.4 Å². The molecule has 5 nitrogen and oxygen atoms in total. The summed E-state index contributed by atoms with van der Waals surface area (Å²) in [6.45, 7) is 3.73. The number of carbonyl (C=O) groups excluding carboxylic acids is 1. The first-order valence-electron chi connectivity index (χ1n) is 10.3. The van der Waals surface area contributed by atoms with Gasteiger partial charge in [-0.05, 0) is 61.8 Å². The number of aryl methyl sites for hydroxylation is 1. The molecular formula is C23H24N4O. The van der Waals surface area contributed by atoms with E-state index in [4.69, 9.17) is 4.98 Å². The highest BCUT2D eigenvalue weighted by Gasteiger charge is 2.41. The van der Waals surface area contributed by atoms with E-state index in [0.717, 1.165) is 78.9 Å². The Kier molecular flexibility index (Phi) is 3.23. The van der Waals surface area contributed by atoms with Gasteiger partial charge in [-0.2, -0.15) is 0 Å². The fourth-order valence-corrected chi connectivity index (χ4v) is 5.24. The second-order valence-electron chi connectivity index (χ2n) is 8.67. The number of amides is 1. The molecule has 2 aliphatic heterocycles. The Bertz CT molecular complexity index is 1100. The summed E-state index contributed by atoms with van der Waals surface area (Å²) in [5.74, 6) is 1.06. The number of likely N-dealkylation sites (tertiary alicyclic amines) is 1. The number of hydrogen-bond donors (Lipinski definition) is 2. The molecule has 0 saturated carbocycles. The lowest BCUT2D eigenvalue weighted by molar-refractivity contribution is 0.0650. The maximum atomic E-state index is 13.1. The van der Waals surface area contributed by atoms with Crippen LogP contribution in [-0.4, -0.2) is 39.4 Å². The number of nitrogens with zero attached hydrogens (tertiary/aromatic N) is 2. The van der Waals surface area contributed by atoms with Crippen molar-refractivity contribution in [3.05, 3.63) is 58.4 Å². The van der Waals surface area contributed by atoms with Gasteiger partial charge in [-0.1, -0.05) is 24.3 Å². The summed E-state index contributed by atoms with van der Waals surface area (Å²) >= 11 is 0. The monoisotopic (exact) mass is 372 g/mol. The molecular weight excluding hydrogens is 348 g/mol. The van der Waals surface area contributed by atoms with Gasteiger partial charge in [0.25, 0.3) is 5.91 Å². The summed E-state index contributed by atoms with van der Waals surface area (Å²) < 4.78 is 0. The van der Waals surface area contributed by atoms with E-state index in [9.17, 15) is 4.79 Å². The van der Waals surface area contributed by atoms with Crippen molar-refractivity contribution >= 4 is 22.6 Å². The third-order valence-electron chi connectivity index (χ3n) is 6.80. The van der Waals surface area contributed by atoms with Crippen LogP contribution in [0.3, 0.4) is 0 Å². The maximum Gasteiger partial charge on any atom is 0.254 e. The van der Waals surface area contributed by atoms with Crippen LogP contribution in [0.4, 0.5) is 5.69 Å². The van der Waals surface area contributed by atoms with E-state index in [2.05, 4.69) is 34.6 Å². The third kappa shape index (κ3) is 2.25. The van der Waals surface area contributed by atoms with Gasteiger partial charge >= 0.3 is 0 Å². The van der Waals surface area contributed by atoms with Crippen molar-refractivity contribution in [2.45, 2.75) is 44.6 Å². The van der Waals surface area contributed by atoms with Crippen LogP contribution in [0.15, 0.2) is 30.3 Å². The first-order chi connectivity index (χ1) is 13.6. The normalized spacial score (nSPS) is 19.2.